The Morgan fingerprint density at radius 3 is 2.58 bits per heavy atom. The van der Waals surface area contributed by atoms with E-state index in [1.54, 1.807) is 20.8 Å². The van der Waals surface area contributed by atoms with Crippen LogP contribution < -0.4 is 9.86 Å². The second-order valence-electron chi connectivity index (χ2n) is 5.57. The second-order valence-corrected chi connectivity index (χ2v) is 7.68. The highest BCUT2D eigenvalue weighted by molar-refractivity contribution is 7.87. The van der Waals surface area contributed by atoms with Gasteiger partial charge in [0.2, 0.25) is 0 Å². The molecule has 0 bridgehead atoms. The van der Waals surface area contributed by atoms with Crippen LogP contribution in [0.4, 0.5) is 4.79 Å². The van der Waals surface area contributed by atoms with Crippen LogP contribution in [0.5, 0.6) is 0 Å². The Morgan fingerprint density at radius 2 is 2.11 bits per heavy atom. The number of hydrogen-bond acceptors (Lipinski definition) is 5. The van der Waals surface area contributed by atoms with E-state index in [-0.39, 0.29) is 17.8 Å². The molecule has 2 unspecified atom stereocenters. The molecule has 1 saturated heterocycles. The summed E-state index contributed by atoms with van der Waals surface area (Å²) in [5.41, 5.74) is -0.594. The number of nitrogens with zero attached hydrogens (tertiary/aromatic N) is 1. The average Bonchev–Trinajstić information content (AvgIpc) is 2.53. The number of likely N-dealkylation sites (tertiary alicyclic amines) is 1. The largest absolute Gasteiger partial charge is 0.444 e. The quantitative estimate of drug-likeness (QED) is 0.643. The Bertz CT molecular complexity index is 433. The van der Waals surface area contributed by atoms with Crippen LogP contribution in [-0.2, 0) is 14.9 Å². The van der Waals surface area contributed by atoms with Gasteiger partial charge in [0.15, 0.2) is 0 Å². The van der Waals surface area contributed by atoms with Gasteiger partial charge in [-0.3, -0.25) is 0 Å². The van der Waals surface area contributed by atoms with Gasteiger partial charge < -0.3 is 9.64 Å². The highest BCUT2D eigenvalue weighted by atomic mass is 32.2. The van der Waals surface area contributed by atoms with Gasteiger partial charge in [-0.05, 0) is 27.2 Å². The van der Waals surface area contributed by atoms with Gasteiger partial charge in [0.1, 0.15) is 5.60 Å². The van der Waals surface area contributed by atoms with Crippen molar-refractivity contribution in [3.63, 3.8) is 0 Å². The molecule has 1 aliphatic heterocycles. The third-order valence-electron chi connectivity index (χ3n) is 2.54. The van der Waals surface area contributed by atoms with Crippen molar-refractivity contribution in [2.75, 3.05) is 13.1 Å². The first-order chi connectivity index (χ1) is 8.48. The van der Waals surface area contributed by atoms with Gasteiger partial charge in [-0.15, -0.1) is 0 Å². The van der Waals surface area contributed by atoms with Crippen LogP contribution >= 0.6 is 12.6 Å². The van der Waals surface area contributed by atoms with Gasteiger partial charge in [0.05, 0.1) is 0 Å². The molecule has 1 aliphatic rings. The lowest BCUT2D eigenvalue weighted by Crippen LogP contribution is -2.46. The number of carbonyl (C=O) groups excluding carboxylic acids is 1. The molecule has 7 nitrogen and oxygen atoms in total. The monoisotopic (exact) mass is 311 g/mol. The molecule has 9 heteroatoms. The molecule has 1 rings (SSSR count). The third kappa shape index (κ3) is 5.98. The lowest BCUT2D eigenvalue weighted by atomic mass is 10.2. The first-order valence-electron chi connectivity index (χ1n) is 5.93. The third-order valence-corrected chi connectivity index (χ3v) is 3.48. The maximum absolute atomic E-state index is 12.0. The highest BCUT2D eigenvalue weighted by Gasteiger charge is 2.36. The summed E-state index contributed by atoms with van der Waals surface area (Å²) >= 11 is 4.32. The van der Waals surface area contributed by atoms with Gasteiger partial charge in [0.25, 0.3) is 10.2 Å². The summed E-state index contributed by atoms with van der Waals surface area (Å²) in [6, 6.07) is -0.296. The Hall–Kier alpha value is -0.510. The first kappa shape index (κ1) is 16.5. The number of rotatable bonds is 3. The molecule has 0 aromatic heterocycles. The van der Waals surface area contributed by atoms with Gasteiger partial charge >= 0.3 is 6.09 Å². The van der Waals surface area contributed by atoms with E-state index in [2.05, 4.69) is 17.4 Å². The number of amides is 1. The van der Waals surface area contributed by atoms with E-state index < -0.39 is 21.9 Å². The minimum Gasteiger partial charge on any atom is -0.444 e. The zero-order valence-corrected chi connectivity index (χ0v) is 13.0. The maximum atomic E-state index is 12.0. The molecule has 1 fully saturated rings. The van der Waals surface area contributed by atoms with Crippen LogP contribution in [0.25, 0.3) is 0 Å². The van der Waals surface area contributed by atoms with Gasteiger partial charge in [-0.1, -0.05) is 0 Å². The lowest BCUT2D eigenvalue weighted by molar-refractivity contribution is 0.0230. The fourth-order valence-corrected chi connectivity index (χ4v) is 2.69. The summed E-state index contributed by atoms with van der Waals surface area (Å²) in [5, 5.41) is 4.88. The maximum Gasteiger partial charge on any atom is 0.410 e. The van der Waals surface area contributed by atoms with E-state index in [1.165, 1.54) is 4.90 Å². The molecule has 1 amide bonds. The molecule has 19 heavy (non-hydrogen) atoms. The molecular formula is C10H21N3O4S2. The van der Waals surface area contributed by atoms with Crippen molar-refractivity contribution < 1.29 is 17.9 Å². The summed E-state index contributed by atoms with van der Waals surface area (Å²) in [5.74, 6) is 0. The van der Waals surface area contributed by atoms with Crippen LogP contribution in [0.2, 0.25) is 0 Å². The summed E-state index contributed by atoms with van der Waals surface area (Å²) in [6.07, 6.45) is 0.121. The minimum atomic E-state index is -3.77. The van der Waals surface area contributed by atoms with Crippen LogP contribution in [0.1, 0.15) is 27.2 Å². The van der Waals surface area contributed by atoms with E-state index in [9.17, 15) is 13.2 Å². The van der Waals surface area contributed by atoms with Crippen LogP contribution in [0.15, 0.2) is 0 Å². The molecule has 1 heterocycles. The molecular weight excluding hydrogens is 290 g/mol. The normalized spacial score (nSPS) is 24.6. The number of hydrogen-bond donors (Lipinski definition) is 3. The van der Waals surface area contributed by atoms with Crippen molar-refractivity contribution in [3.05, 3.63) is 0 Å². The number of ether oxygens (including phenoxy) is 1. The molecule has 0 aliphatic carbocycles. The SMILES string of the molecule is CC(C)(C)OC(=O)N1CC(S)CC1CNS(N)(=O)=O. The summed E-state index contributed by atoms with van der Waals surface area (Å²) in [7, 11) is -3.77. The fraction of sp³-hybridized carbons (Fsp3) is 0.900. The van der Waals surface area contributed by atoms with Crippen molar-refractivity contribution in [1.29, 1.82) is 0 Å². The van der Waals surface area contributed by atoms with E-state index in [0.717, 1.165) is 0 Å². The predicted octanol–water partition coefficient (Wildman–Crippen LogP) is 0.0873. The molecule has 0 aromatic rings. The summed E-state index contributed by atoms with van der Waals surface area (Å²) < 4.78 is 29.3. The molecule has 112 valence electrons. The zero-order chi connectivity index (χ0) is 14.8. The average molecular weight is 311 g/mol. The first-order valence-corrected chi connectivity index (χ1v) is 7.99. The van der Waals surface area contributed by atoms with Crippen molar-refractivity contribution in [2.24, 2.45) is 5.14 Å². The molecule has 0 spiro atoms. The smallest absolute Gasteiger partial charge is 0.410 e. The van der Waals surface area contributed by atoms with Crippen molar-refractivity contribution in [2.45, 2.75) is 44.1 Å². The van der Waals surface area contributed by atoms with Crippen molar-refractivity contribution in [3.8, 4) is 0 Å². The Labute approximate surface area is 119 Å². The molecule has 0 saturated carbocycles. The van der Waals surface area contributed by atoms with Gasteiger partial charge in [-0.2, -0.15) is 21.0 Å². The number of nitrogens with two attached hydrogens (primary N) is 1. The topological polar surface area (TPSA) is 102 Å². The van der Waals surface area contributed by atoms with Crippen LogP contribution in [-0.4, -0.2) is 49.4 Å². The van der Waals surface area contributed by atoms with Crippen LogP contribution in [0.3, 0.4) is 0 Å². The Balaban J connectivity index is 2.66. The number of thiol groups is 1. The van der Waals surface area contributed by atoms with Crippen molar-refractivity contribution >= 4 is 28.9 Å². The Kier molecular flexibility index (Phi) is 5.10. The van der Waals surface area contributed by atoms with Crippen molar-refractivity contribution in [1.82, 2.24) is 9.62 Å². The minimum absolute atomic E-state index is 0.000188. The van der Waals surface area contributed by atoms with E-state index in [1.807, 2.05) is 0 Å². The van der Waals surface area contributed by atoms with E-state index in [0.29, 0.717) is 13.0 Å². The Morgan fingerprint density at radius 1 is 1.53 bits per heavy atom. The van der Waals surface area contributed by atoms with E-state index >= 15 is 0 Å². The predicted molar refractivity (Wildman–Crippen MR) is 75.2 cm³/mol. The molecule has 3 N–H and O–H groups in total. The standard InChI is InChI=1S/C10H21N3O4S2/c1-10(2,3)17-9(14)13-6-8(18)4-7(13)5-12-19(11,15)16/h7-8,12,18H,4-6H2,1-3H3,(H2,11,15,16). The second kappa shape index (κ2) is 5.86. The van der Waals surface area contributed by atoms with E-state index in [4.69, 9.17) is 9.88 Å². The number of nitrogens with one attached hydrogen (secondary N) is 1. The summed E-state index contributed by atoms with van der Waals surface area (Å²) in [6.45, 7) is 5.81. The number of carbonyl (C=O) groups is 1. The lowest BCUT2D eigenvalue weighted by Gasteiger charge is -2.28. The van der Waals surface area contributed by atoms with Crippen LogP contribution in [0, 0.1) is 0 Å². The van der Waals surface area contributed by atoms with Gasteiger partial charge in [-0.25, -0.2) is 14.7 Å². The molecule has 0 aromatic carbocycles. The highest BCUT2D eigenvalue weighted by Crippen LogP contribution is 2.23. The fourth-order valence-electron chi connectivity index (χ4n) is 1.84. The molecule has 0 radical (unpaired) electrons. The van der Waals surface area contributed by atoms with Gasteiger partial charge in [0, 0.05) is 24.4 Å². The summed E-state index contributed by atoms with van der Waals surface area (Å²) in [4.78, 5) is 13.5. The molecule has 2 atom stereocenters. The zero-order valence-electron chi connectivity index (χ0n) is 11.3.